The Labute approximate surface area is 178 Å². The molecule has 0 atom stereocenters. The second kappa shape index (κ2) is 8.23. The molecule has 0 spiro atoms. The van der Waals surface area contributed by atoms with E-state index in [9.17, 15) is 19.8 Å². The van der Waals surface area contributed by atoms with E-state index < -0.39 is 11.9 Å². The average Bonchev–Trinajstić information content (AvgIpc) is 2.77. The third kappa shape index (κ3) is 4.20. The Hall–Kier alpha value is -4.26. The van der Waals surface area contributed by atoms with Crippen molar-refractivity contribution >= 4 is 28.7 Å². The maximum Gasteiger partial charge on any atom is 0.354 e. The van der Waals surface area contributed by atoms with E-state index in [1.807, 2.05) is 43.3 Å². The fourth-order valence-corrected chi connectivity index (χ4v) is 3.41. The molecule has 154 valence electrons. The summed E-state index contributed by atoms with van der Waals surface area (Å²) in [6, 6.07) is 19.4. The van der Waals surface area contributed by atoms with Gasteiger partial charge in [0, 0.05) is 12.2 Å². The Bertz CT molecular complexity index is 1300. The second-order valence-electron chi connectivity index (χ2n) is 7.08. The van der Waals surface area contributed by atoms with Crippen molar-refractivity contribution in [1.82, 2.24) is 9.97 Å². The molecule has 0 amide bonds. The van der Waals surface area contributed by atoms with Crippen LogP contribution in [0, 0.1) is 6.92 Å². The number of carbonyl (C=O) groups is 2. The highest BCUT2D eigenvalue weighted by Gasteiger charge is 2.12. The maximum atomic E-state index is 11.5. The van der Waals surface area contributed by atoms with Crippen molar-refractivity contribution in [2.24, 2.45) is 0 Å². The zero-order valence-corrected chi connectivity index (χ0v) is 16.7. The number of nitrogens with zero attached hydrogens (tertiary/aromatic N) is 2. The first kappa shape index (κ1) is 20.0. The minimum atomic E-state index is -1.09. The molecular formula is C24H19N3O4. The van der Waals surface area contributed by atoms with Gasteiger partial charge in [0.1, 0.15) is 11.2 Å². The number of hydrogen-bond donors (Lipinski definition) is 3. The van der Waals surface area contributed by atoms with E-state index in [1.54, 1.807) is 24.3 Å². The molecule has 7 nitrogen and oxygen atoms in total. The molecule has 31 heavy (non-hydrogen) atoms. The second-order valence-corrected chi connectivity index (χ2v) is 7.08. The highest BCUT2D eigenvalue weighted by atomic mass is 16.4. The van der Waals surface area contributed by atoms with E-state index in [1.165, 1.54) is 6.07 Å². The van der Waals surface area contributed by atoms with Crippen molar-refractivity contribution in [2.45, 2.75) is 13.5 Å². The highest BCUT2D eigenvalue weighted by Crippen LogP contribution is 2.26. The summed E-state index contributed by atoms with van der Waals surface area (Å²) in [5.41, 5.74) is 5.29. The number of hydrogen-bond acceptors (Lipinski definition) is 5. The number of aryl methyl sites for hydroxylation is 1. The number of pyridine rings is 2. The summed E-state index contributed by atoms with van der Waals surface area (Å²) in [6.45, 7) is 2.35. The Balaban J connectivity index is 1.59. The van der Waals surface area contributed by atoms with Gasteiger partial charge in [-0.3, -0.25) is 4.98 Å². The molecule has 0 aliphatic rings. The Morgan fingerprint density at radius 3 is 2.35 bits per heavy atom. The normalized spacial score (nSPS) is 10.7. The monoisotopic (exact) mass is 413 g/mol. The van der Waals surface area contributed by atoms with Crippen LogP contribution >= 0.6 is 0 Å². The van der Waals surface area contributed by atoms with Gasteiger partial charge in [0.2, 0.25) is 0 Å². The van der Waals surface area contributed by atoms with Gasteiger partial charge in [0.15, 0.2) is 0 Å². The van der Waals surface area contributed by atoms with Gasteiger partial charge in [-0.2, -0.15) is 0 Å². The molecule has 0 radical (unpaired) electrons. The zero-order valence-electron chi connectivity index (χ0n) is 16.7. The van der Waals surface area contributed by atoms with Crippen LogP contribution in [0.2, 0.25) is 0 Å². The molecule has 0 saturated carbocycles. The number of carboxylic acid groups (broad SMARTS) is 2. The molecule has 0 fully saturated rings. The van der Waals surface area contributed by atoms with Gasteiger partial charge in [-0.1, -0.05) is 42.5 Å². The van der Waals surface area contributed by atoms with Gasteiger partial charge in [-0.25, -0.2) is 14.6 Å². The van der Waals surface area contributed by atoms with Crippen molar-refractivity contribution in [3.05, 3.63) is 89.2 Å². The van der Waals surface area contributed by atoms with Gasteiger partial charge < -0.3 is 15.5 Å². The highest BCUT2D eigenvalue weighted by molar-refractivity contribution is 5.96. The SMILES string of the molecule is Cc1cc(NCc2ccc(-c3ccccc3C(=O)O)cc2)c2nc(C(=O)O)ccc2n1. The average molecular weight is 413 g/mol. The van der Waals surface area contributed by atoms with Crippen molar-refractivity contribution in [1.29, 1.82) is 0 Å². The van der Waals surface area contributed by atoms with Gasteiger partial charge in [0.05, 0.1) is 16.8 Å². The summed E-state index contributed by atoms with van der Waals surface area (Å²) < 4.78 is 0. The number of anilines is 1. The molecule has 2 heterocycles. The third-order valence-electron chi connectivity index (χ3n) is 4.90. The fraction of sp³-hybridized carbons (Fsp3) is 0.0833. The molecule has 7 heteroatoms. The molecule has 0 bridgehead atoms. The van der Waals surface area contributed by atoms with Crippen molar-refractivity contribution in [2.75, 3.05) is 5.32 Å². The Kier molecular flexibility index (Phi) is 5.32. The first-order valence-electron chi connectivity index (χ1n) is 9.59. The molecular weight excluding hydrogens is 394 g/mol. The molecule has 0 aliphatic heterocycles. The Morgan fingerprint density at radius 2 is 1.65 bits per heavy atom. The van der Waals surface area contributed by atoms with Crippen LogP contribution in [0.5, 0.6) is 0 Å². The van der Waals surface area contributed by atoms with Crippen molar-refractivity contribution in [3.8, 4) is 11.1 Å². The van der Waals surface area contributed by atoms with Crippen LogP contribution in [-0.4, -0.2) is 32.1 Å². The first-order valence-corrected chi connectivity index (χ1v) is 9.59. The number of aromatic carboxylic acids is 2. The largest absolute Gasteiger partial charge is 0.478 e. The molecule has 2 aromatic carbocycles. The standard InChI is InChI=1S/C24H19N3O4/c1-14-12-21(22-19(26-14)10-11-20(27-22)24(30)31)25-13-15-6-8-16(9-7-15)17-4-2-3-5-18(17)23(28)29/h2-12H,13H2,1H3,(H,25,26)(H,28,29)(H,30,31). The van der Waals surface area contributed by atoms with Gasteiger partial charge in [0.25, 0.3) is 0 Å². The molecule has 2 aromatic heterocycles. The van der Waals surface area contributed by atoms with E-state index in [2.05, 4.69) is 15.3 Å². The summed E-state index contributed by atoms with van der Waals surface area (Å²) in [6.07, 6.45) is 0. The van der Waals surface area contributed by atoms with Gasteiger partial charge in [-0.15, -0.1) is 0 Å². The predicted octanol–water partition coefficient (Wildman–Crippen LogP) is 4.61. The van der Waals surface area contributed by atoms with Crippen molar-refractivity contribution < 1.29 is 19.8 Å². The smallest absolute Gasteiger partial charge is 0.354 e. The predicted molar refractivity (Wildman–Crippen MR) is 117 cm³/mol. The lowest BCUT2D eigenvalue weighted by atomic mass is 9.99. The van der Waals surface area contributed by atoms with Crippen molar-refractivity contribution in [3.63, 3.8) is 0 Å². The number of fused-ring (bicyclic) bond motifs is 1. The number of aromatic nitrogens is 2. The molecule has 4 aromatic rings. The van der Waals surface area contributed by atoms with Crippen LogP contribution in [0.25, 0.3) is 22.2 Å². The summed E-state index contributed by atoms with van der Waals surface area (Å²) in [5.74, 6) is -2.06. The van der Waals surface area contributed by atoms with Crippen LogP contribution in [-0.2, 0) is 6.54 Å². The van der Waals surface area contributed by atoms with Gasteiger partial charge >= 0.3 is 11.9 Å². The summed E-state index contributed by atoms with van der Waals surface area (Å²) >= 11 is 0. The quantitative estimate of drug-likeness (QED) is 0.423. The number of carboxylic acids is 2. The zero-order chi connectivity index (χ0) is 22.0. The molecule has 0 unspecified atom stereocenters. The summed E-state index contributed by atoms with van der Waals surface area (Å²) in [7, 11) is 0. The number of benzene rings is 2. The minimum Gasteiger partial charge on any atom is -0.478 e. The van der Waals surface area contributed by atoms with E-state index in [0.29, 0.717) is 28.8 Å². The van der Waals surface area contributed by atoms with Crippen LogP contribution in [0.1, 0.15) is 32.1 Å². The first-order chi connectivity index (χ1) is 14.9. The van der Waals surface area contributed by atoms with Gasteiger partial charge in [-0.05, 0) is 47.9 Å². The summed E-state index contributed by atoms with van der Waals surface area (Å²) in [5, 5.41) is 21.9. The number of rotatable bonds is 6. The topological polar surface area (TPSA) is 112 Å². The van der Waals surface area contributed by atoms with E-state index >= 15 is 0 Å². The van der Waals surface area contributed by atoms with Crippen LogP contribution in [0.15, 0.2) is 66.7 Å². The molecule has 4 rings (SSSR count). The van der Waals surface area contributed by atoms with E-state index in [0.717, 1.165) is 16.8 Å². The molecule has 0 saturated heterocycles. The molecule has 3 N–H and O–H groups in total. The lowest BCUT2D eigenvalue weighted by Crippen LogP contribution is -2.05. The fourth-order valence-electron chi connectivity index (χ4n) is 3.41. The van der Waals surface area contributed by atoms with Crippen LogP contribution < -0.4 is 5.32 Å². The third-order valence-corrected chi connectivity index (χ3v) is 4.90. The maximum absolute atomic E-state index is 11.5. The van der Waals surface area contributed by atoms with Crippen LogP contribution in [0.3, 0.4) is 0 Å². The lowest BCUT2D eigenvalue weighted by molar-refractivity contribution is 0.0683. The van der Waals surface area contributed by atoms with E-state index in [-0.39, 0.29) is 11.3 Å². The lowest BCUT2D eigenvalue weighted by Gasteiger charge is -2.12. The minimum absolute atomic E-state index is 0.0392. The number of nitrogens with one attached hydrogen (secondary N) is 1. The summed E-state index contributed by atoms with van der Waals surface area (Å²) in [4.78, 5) is 31.4. The molecule has 0 aliphatic carbocycles. The van der Waals surface area contributed by atoms with Crippen LogP contribution in [0.4, 0.5) is 5.69 Å². The Morgan fingerprint density at radius 1 is 0.903 bits per heavy atom. The van der Waals surface area contributed by atoms with E-state index in [4.69, 9.17) is 0 Å².